The van der Waals surface area contributed by atoms with E-state index in [-0.39, 0.29) is 34.3 Å². The molecule has 16 heteroatoms. The van der Waals surface area contributed by atoms with Crippen LogP contribution in [0, 0.1) is 5.41 Å². The Kier molecular flexibility index (Phi) is 9.70. The number of amides is 2. The predicted molar refractivity (Wildman–Crippen MR) is 158 cm³/mol. The van der Waals surface area contributed by atoms with E-state index in [2.05, 4.69) is 20.4 Å². The lowest BCUT2D eigenvalue weighted by Crippen LogP contribution is -2.71. The first-order valence-corrected chi connectivity index (χ1v) is 14.9. The number of rotatable bonds is 9. The maximum absolute atomic E-state index is 13.4. The highest BCUT2D eigenvalue weighted by atomic mass is 32.2. The summed E-state index contributed by atoms with van der Waals surface area (Å²) in [4.78, 5) is 60.9. The molecule has 3 atom stereocenters. The van der Waals surface area contributed by atoms with Gasteiger partial charge in [0.25, 0.3) is 11.8 Å². The van der Waals surface area contributed by atoms with Crippen molar-refractivity contribution in [1.82, 2.24) is 20.2 Å². The van der Waals surface area contributed by atoms with Gasteiger partial charge < -0.3 is 30.5 Å². The zero-order valence-corrected chi connectivity index (χ0v) is 25.3. The molecule has 14 nitrogen and oxygen atoms in total. The number of thiazole rings is 1. The average Bonchev–Trinajstić information content (AvgIpc) is 3.39. The molecule has 4 rings (SSSR count). The van der Waals surface area contributed by atoms with Gasteiger partial charge in [-0.3, -0.25) is 19.5 Å². The molecule has 0 radical (unpaired) electrons. The number of ether oxygens (including phenoxy) is 3. The van der Waals surface area contributed by atoms with Gasteiger partial charge in [0.15, 0.2) is 10.8 Å². The van der Waals surface area contributed by atoms with Crippen molar-refractivity contribution in [2.45, 2.75) is 45.4 Å². The van der Waals surface area contributed by atoms with Gasteiger partial charge in [-0.05, 0) is 22.6 Å². The first-order chi connectivity index (χ1) is 20.4. The molecule has 228 valence electrons. The van der Waals surface area contributed by atoms with Crippen molar-refractivity contribution in [3.05, 3.63) is 58.5 Å². The Hall–Kier alpha value is -4.44. The fraction of sp³-hybridized carbons (Fsp3) is 0.370. The molecule has 0 bridgehead atoms. The van der Waals surface area contributed by atoms with E-state index in [0.717, 1.165) is 16.9 Å². The summed E-state index contributed by atoms with van der Waals surface area (Å²) in [7, 11) is 0. The van der Waals surface area contributed by atoms with Crippen LogP contribution < -0.4 is 11.1 Å². The highest BCUT2D eigenvalue weighted by molar-refractivity contribution is 8.00. The number of nitrogens with one attached hydrogen (secondary N) is 1. The Morgan fingerprint density at radius 3 is 2.70 bits per heavy atom. The van der Waals surface area contributed by atoms with Crippen molar-refractivity contribution in [2.24, 2.45) is 10.6 Å². The highest BCUT2D eigenvalue weighted by Gasteiger charge is 2.54. The van der Waals surface area contributed by atoms with E-state index in [1.54, 1.807) is 30.6 Å². The topological polar surface area (TPSA) is 196 Å². The maximum atomic E-state index is 13.4. The smallest absolute Gasteiger partial charge is 0.434 e. The molecule has 4 heterocycles. The van der Waals surface area contributed by atoms with E-state index in [4.69, 9.17) is 19.9 Å². The van der Waals surface area contributed by atoms with E-state index in [1.165, 1.54) is 29.0 Å². The largest absolute Gasteiger partial charge is 0.511 e. The summed E-state index contributed by atoms with van der Waals surface area (Å²) in [6.45, 7) is 7.06. The third kappa shape index (κ3) is 7.70. The third-order valence-electron chi connectivity index (χ3n) is 5.88. The summed E-state index contributed by atoms with van der Waals surface area (Å²) in [5.41, 5.74) is 6.10. The molecular formula is C27H30N6O8S2. The summed E-state index contributed by atoms with van der Waals surface area (Å²) < 4.78 is 15.5. The highest BCUT2D eigenvalue weighted by Crippen LogP contribution is 2.41. The number of thioether (sulfide) groups is 1. The van der Waals surface area contributed by atoms with Crippen LogP contribution >= 0.6 is 23.1 Å². The molecule has 2 aromatic rings. The molecule has 2 amide bonds. The monoisotopic (exact) mass is 630 g/mol. The number of pyridine rings is 1. The Balaban J connectivity index is 1.52. The number of oxime groups is 1. The standard InChI is InChI=1S/C27H30N6O8S2/c1-14(41-26(37)39-13-27(2,3)4)40-24(36)20-16(8-7-15-6-5-9-29-10-15)11-42-23-19(22(35)33(20)23)31-21(34)18(32-38)17-12-43-25(28)30-17/h5-10,12,14,19,23,38H,11,13H2,1-4H3,(H2,28,30)(H,31,34)/b8-7-,32-18?/t14?,19-,23-/m1/s1. The Labute approximate surface area is 255 Å². The SMILES string of the molecule is CC(OC(=O)OCC(C)(C)C)OC(=O)C1=C(/C=C\c2cccnc2)CS[C@@H]2[C@H](NC(=O)C(=NO)c3csc(N)n3)C(=O)N12. The molecule has 2 aliphatic rings. The number of fused-ring (bicyclic) bond motifs is 1. The van der Waals surface area contributed by atoms with Crippen molar-refractivity contribution in [3.8, 4) is 0 Å². The van der Waals surface area contributed by atoms with E-state index >= 15 is 0 Å². The van der Waals surface area contributed by atoms with Crippen LogP contribution in [0.25, 0.3) is 6.08 Å². The number of allylic oxidation sites excluding steroid dienone is 1. The zero-order chi connectivity index (χ0) is 31.3. The fourth-order valence-electron chi connectivity index (χ4n) is 3.93. The van der Waals surface area contributed by atoms with Crippen LogP contribution in [0.5, 0.6) is 0 Å². The predicted octanol–water partition coefficient (Wildman–Crippen LogP) is 2.75. The molecule has 1 fully saturated rings. The maximum Gasteiger partial charge on any atom is 0.511 e. The molecule has 0 spiro atoms. The molecule has 0 aromatic carbocycles. The number of nitrogen functional groups attached to an aromatic ring is 1. The van der Waals surface area contributed by atoms with Gasteiger partial charge in [0, 0.05) is 30.5 Å². The lowest BCUT2D eigenvalue weighted by molar-refractivity contribution is -0.169. The minimum atomic E-state index is -1.33. The number of anilines is 1. The molecule has 43 heavy (non-hydrogen) atoms. The Bertz CT molecular complexity index is 1480. The van der Waals surface area contributed by atoms with Gasteiger partial charge in [-0.15, -0.1) is 23.1 Å². The summed E-state index contributed by atoms with van der Waals surface area (Å²) in [5.74, 6) is -2.09. The molecule has 1 saturated heterocycles. The van der Waals surface area contributed by atoms with Crippen LogP contribution in [-0.4, -0.2) is 79.8 Å². The second-order valence-corrected chi connectivity index (χ2v) is 12.6. The first kappa shape index (κ1) is 31.5. The second-order valence-electron chi connectivity index (χ2n) is 10.6. The number of nitrogens with two attached hydrogens (primary N) is 1. The van der Waals surface area contributed by atoms with Gasteiger partial charge in [-0.2, -0.15) is 0 Å². The van der Waals surface area contributed by atoms with Crippen molar-refractivity contribution >= 4 is 64.0 Å². The van der Waals surface area contributed by atoms with Crippen molar-refractivity contribution in [3.63, 3.8) is 0 Å². The first-order valence-electron chi connectivity index (χ1n) is 12.9. The number of hydrogen-bond donors (Lipinski definition) is 3. The van der Waals surface area contributed by atoms with Gasteiger partial charge in [-0.1, -0.05) is 44.1 Å². The van der Waals surface area contributed by atoms with E-state index in [9.17, 15) is 24.4 Å². The summed E-state index contributed by atoms with van der Waals surface area (Å²) >= 11 is 2.36. The van der Waals surface area contributed by atoms with Crippen LogP contribution in [-0.2, 0) is 28.6 Å². The molecule has 2 aliphatic heterocycles. The molecule has 0 aliphatic carbocycles. The Morgan fingerprint density at radius 1 is 1.30 bits per heavy atom. The van der Waals surface area contributed by atoms with Crippen LogP contribution in [0.4, 0.5) is 9.93 Å². The number of carbonyl (C=O) groups is 4. The molecule has 4 N–H and O–H groups in total. The van der Waals surface area contributed by atoms with Gasteiger partial charge in [-0.25, -0.2) is 14.6 Å². The van der Waals surface area contributed by atoms with Crippen LogP contribution in [0.2, 0.25) is 0 Å². The summed E-state index contributed by atoms with van der Waals surface area (Å²) in [5, 5.41) is 15.9. The van der Waals surface area contributed by atoms with Gasteiger partial charge in [0.2, 0.25) is 6.29 Å². The number of nitrogens with zero attached hydrogens (tertiary/aromatic N) is 4. The number of esters is 1. The van der Waals surface area contributed by atoms with Crippen LogP contribution in [0.1, 0.15) is 39.0 Å². The molecule has 0 saturated carbocycles. The number of carbonyl (C=O) groups excluding carboxylic acids is 4. The number of β-lactam (4-membered cyclic amide) rings is 1. The van der Waals surface area contributed by atoms with Gasteiger partial charge >= 0.3 is 12.1 Å². The third-order valence-corrected chi connectivity index (χ3v) is 7.85. The fourth-order valence-corrected chi connectivity index (χ4v) is 5.79. The second kappa shape index (κ2) is 13.2. The van der Waals surface area contributed by atoms with Gasteiger partial charge in [0.1, 0.15) is 22.8 Å². The number of hydrogen-bond acceptors (Lipinski definition) is 14. The lowest BCUT2D eigenvalue weighted by Gasteiger charge is -2.49. The average molecular weight is 631 g/mol. The molecular weight excluding hydrogens is 600 g/mol. The van der Waals surface area contributed by atoms with Crippen molar-refractivity contribution < 1.29 is 38.6 Å². The summed E-state index contributed by atoms with van der Waals surface area (Å²) in [6.07, 6.45) is 4.31. The molecule has 1 unspecified atom stereocenters. The minimum absolute atomic E-state index is 0.0458. The Morgan fingerprint density at radius 2 is 2.07 bits per heavy atom. The number of aromatic nitrogens is 2. The molecule has 2 aromatic heterocycles. The quantitative estimate of drug-likeness (QED) is 0.0917. The van der Waals surface area contributed by atoms with Crippen LogP contribution in [0.15, 0.2) is 52.4 Å². The van der Waals surface area contributed by atoms with E-state index in [0.29, 0.717) is 5.57 Å². The van der Waals surface area contributed by atoms with Crippen molar-refractivity contribution in [2.75, 3.05) is 18.1 Å². The summed E-state index contributed by atoms with van der Waals surface area (Å²) in [6, 6.07) is 2.53. The van der Waals surface area contributed by atoms with E-state index < -0.39 is 47.4 Å². The van der Waals surface area contributed by atoms with Crippen molar-refractivity contribution in [1.29, 1.82) is 0 Å². The normalized spacial score (nSPS) is 19.4. The minimum Gasteiger partial charge on any atom is -0.434 e. The van der Waals surface area contributed by atoms with Crippen LogP contribution in [0.3, 0.4) is 0 Å². The lowest BCUT2D eigenvalue weighted by atomic mass is 9.99. The zero-order valence-electron chi connectivity index (χ0n) is 23.7. The van der Waals surface area contributed by atoms with Gasteiger partial charge in [0.05, 0.1) is 6.61 Å². The van der Waals surface area contributed by atoms with E-state index in [1.807, 2.05) is 26.8 Å².